The first-order chi connectivity index (χ1) is 16.0. The SMILES string of the molecule is Cc1c(N2CCN3C(=O)NC(=O)CC3C2)nc2c(-c3cnc4ccccc4c3)cnn2c1N. The largest absolute Gasteiger partial charge is 0.383 e. The summed E-state index contributed by atoms with van der Waals surface area (Å²) in [4.78, 5) is 37.4. The number of nitrogens with two attached hydrogens (primary N) is 1. The van der Waals surface area contributed by atoms with Crippen LogP contribution in [-0.2, 0) is 4.79 Å². The van der Waals surface area contributed by atoms with E-state index < -0.39 is 0 Å². The van der Waals surface area contributed by atoms with E-state index >= 15 is 0 Å². The predicted octanol–water partition coefficient (Wildman–Crippen LogP) is 1.97. The Bertz CT molecular complexity index is 1450. The van der Waals surface area contributed by atoms with Crippen molar-refractivity contribution in [1.82, 2.24) is 29.8 Å². The molecule has 3 aromatic heterocycles. The molecule has 166 valence electrons. The van der Waals surface area contributed by atoms with Gasteiger partial charge >= 0.3 is 6.03 Å². The van der Waals surface area contributed by atoms with Crippen LogP contribution in [0, 0.1) is 6.92 Å². The second kappa shape index (κ2) is 7.16. The minimum atomic E-state index is -0.322. The summed E-state index contributed by atoms with van der Waals surface area (Å²) in [5.41, 5.74) is 10.6. The number of nitrogens with one attached hydrogen (secondary N) is 1. The van der Waals surface area contributed by atoms with E-state index in [1.165, 1.54) is 0 Å². The maximum atomic E-state index is 12.2. The molecule has 33 heavy (non-hydrogen) atoms. The molecule has 3 N–H and O–H groups in total. The van der Waals surface area contributed by atoms with Crippen LogP contribution in [0.25, 0.3) is 27.7 Å². The van der Waals surface area contributed by atoms with Gasteiger partial charge in [0.25, 0.3) is 0 Å². The van der Waals surface area contributed by atoms with Crippen molar-refractivity contribution < 1.29 is 9.59 Å². The number of anilines is 2. The summed E-state index contributed by atoms with van der Waals surface area (Å²) >= 11 is 0. The molecule has 0 aliphatic carbocycles. The molecule has 3 amide bonds. The number of urea groups is 1. The van der Waals surface area contributed by atoms with Gasteiger partial charge < -0.3 is 15.5 Å². The number of pyridine rings is 1. The van der Waals surface area contributed by atoms with Crippen LogP contribution in [0.5, 0.6) is 0 Å². The standard InChI is InChI=1S/C23H22N8O2/c1-13-20(24)31-22(17(11-26-31)15-8-14-4-2-3-5-18(14)25-10-15)28-21(13)29-6-7-30-16(12-29)9-19(32)27-23(30)33/h2-5,8,10-11,16H,6-7,9,12,24H2,1H3,(H,27,32,33). The van der Waals surface area contributed by atoms with Gasteiger partial charge in [0.05, 0.1) is 17.8 Å². The molecule has 2 aliphatic rings. The van der Waals surface area contributed by atoms with Crippen LogP contribution in [-0.4, -0.2) is 62.1 Å². The number of nitrogens with zero attached hydrogens (tertiary/aromatic N) is 6. The van der Waals surface area contributed by atoms with Crippen molar-refractivity contribution in [3.05, 3.63) is 48.3 Å². The van der Waals surface area contributed by atoms with Crippen LogP contribution in [0.4, 0.5) is 16.4 Å². The Morgan fingerprint density at radius 2 is 2.00 bits per heavy atom. The monoisotopic (exact) mass is 442 g/mol. The summed E-state index contributed by atoms with van der Waals surface area (Å²) in [5.74, 6) is 1.01. The summed E-state index contributed by atoms with van der Waals surface area (Å²) in [7, 11) is 0. The van der Waals surface area contributed by atoms with Gasteiger partial charge in [0.15, 0.2) is 5.65 Å². The number of benzene rings is 1. The van der Waals surface area contributed by atoms with E-state index in [4.69, 9.17) is 10.7 Å². The van der Waals surface area contributed by atoms with Gasteiger partial charge in [0.2, 0.25) is 5.91 Å². The van der Waals surface area contributed by atoms with E-state index in [2.05, 4.69) is 26.4 Å². The Balaban J connectivity index is 1.42. The number of imide groups is 1. The lowest BCUT2D eigenvalue weighted by molar-refractivity contribution is -0.122. The number of carbonyl (C=O) groups excluding carboxylic acids is 2. The van der Waals surface area contributed by atoms with E-state index in [9.17, 15) is 9.59 Å². The highest BCUT2D eigenvalue weighted by molar-refractivity contribution is 5.97. The fraction of sp³-hybridized carbons (Fsp3) is 0.261. The van der Waals surface area contributed by atoms with Crippen LogP contribution < -0.4 is 16.0 Å². The van der Waals surface area contributed by atoms with Crippen LogP contribution in [0.2, 0.25) is 0 Å². The minimum absolute atomic E-state index is 0.187. The molecule has 0 radical (unpaired) electrons. The molecular weight excluding hydrogens is 420 g/mol. The van der Waals surface area contributed by atoms with Crippen molar-refractivity contribution >= 4 is 40.1 Å². The second-order valence-electron chi connectivity index (χ2n) is 8.51. The zero-order valence-corrected chi connectivity index (χ0v) is 18.0. The Morgan fingerprint density at radius 1 is 1.15 bits per heavy atom. The predicted molar refractivity (Wildman–Crippen MR) is 124 cm³/mol. The number of amides is 3. The molecule has 1 aromatic carbocycles. The average Bonchev–Trinajstić information content (AvgIpc) is 3.24. The van der Waals surface area contributed by atoms with Gasteiger partial charge in [-0.1, -0.05) is 18.2 Å². The molecule has 1 unspecified atom stereocenters. The summed E-state index contributed by atoms with van der Waals surface area (Å²) < 4.78 is 1.65. The van der Waals surface area contributed by atoms with E-state index in [1.807, 2.05) is 37.4 Å². The first-order valence-corrected chi connectivity index (χ1v) is 10.8. The van der Waals surface area contributed by atoms with Crippen molar-refractivity contribution in [1.29, 1.82) is 0 Å². The van der Waals surface area contributed by atoms with Crippen molar-refractivity contribution in [3.63, 3.8) is 0 Å². The van der Waals surface area contributed by atoms with E-state index in [0.29, 0.717) is 31.1 Å². The highest BCUT2D eigenvalue weighted by Crippen LogP contribution is 2.32. The number of rotatable bonds is 2. The quantitative estimate of drug-likeness (QED) is 0.487. The number of para-hydroxylation sites is 1. The number of nitrogen functional groups attached to an aromatic ring is 1. The number of aromatic nitrogens is 4. The number of fused-ring (bicyclic) bond motifs is 3. The van der Waals surface area contributed by atoms with Gasteiger partial charge in [-0.2, -0.15) is 9.61 Å². The van der Waals surface area contributed by atoms with Crippen molar-refractivity contribution in [2.45, 2.75) is 19.4 Å². The smallest absolute Gasteiger partial charge is 0.324 e. The zero-order valence-electron chi connectivity index (χ0n) is 18.0. The van der Waals surface area contributed by atoms with Gasteiger partial charge in [0, 0.05) is 54.3 Å². The molecule has 4 aromatic rings. The molecule has 0 saturated carbocycles. The lowest BCUT2D eigenvalue weighted by atomic mass is 10.1. The summed E-state index contributed by atoms with van der Waals surface area (Å²) in [5, 5.41) is 7.91. The van der Waals surface area contributed by atoms with Crippen molar-refractivity contribution in [2.75, 3.05) is 30.3 Å². The Morgan fingerprint density at radius 3 is 2.88 bits per heavy atom. The van der Waals surface area contributed by atoms with Gasteiger partial charge in [-0.05, 0) is 19.1 Å². The number of piperazine rings is 1. The van der Waals surface area contributed by atoms with Gasteiger partial charge in [-0.25, -0.2) is 9.78 Å². The normalized spacial score (nSPS) is 18.6. The van der Waals surface area contributed by atoms with Crippen LogP contribution >= 0.6 is 0 Å². The van der Waals surface area contributed by atoms with Gasteiger partial charge in [-0.15, -0.1) is 0 Å². The molecule has 1 atom stereocenters. The van der Waals surface area contributed by atoms with Crippen LogP contribution in [0.15, 0.2) is 42.7 Å². The molecule has 2 aliphatic heterocycles. The molecule has 10 nitrogen and oxygen atoms in total. The lowest BCUT2D eigenvalue weighted by Crippen LogP contribution is -2.63. The maximum absolute atomic E-state index is 12.2. The summed E-state index contributed by atoms with van der Waals surface area (Å²) in [6.07, 6.45) is 3.86. The topological polar surface area (TPSA) is 122 Å². The second-order valence-corrected chi connectivity index (χ2v) is 8.51. The van der Waals surface area contributed by atoms with Crippen molar-refractivity contribution in [3.8, 4) is 11.1 Å². The summed E-state index contributed by atoms with van der Waals surface area (Å²) in [6, 6.07) is 9.51. The number of hydrogen-bond donors (Lipinski definition) is 2. The average molecular weight is 442 g/mol. The summed E-state index contributed by atoms with van der Waals surface area (Å²) in [6.45, 7) is 3.55. The third-order valence-electron chi connectivity index (χ3n) is 6.52. The zero-order chi connectivity index (χ0) is 22.7. The molecule has 6 rings (SSSR count). The molecule has 10 heteroatoms. The highest BCUT2D eigenvalue weighted by atomic mass is 16.2. The first kappa shape index (κ1) is 19.5. The Hall–Kier alpha value is -4.21. The number of carbonyl (C=O) groups is 2. The Labute approximate surface area is 189 Å². The molecule has 0 bridgehead atoms. The third kappa shape index (κ3) is 3.05. The van der Waals surface area contributed by atoms with Crippen LogP contribution in [0.1, 0.15) is 12.0 Å². The maximum Gasteiger partial charge on any atom is 0.324 e. The van der Waals surface area contributed by atoms with Gasteiger partial charge in [0.1, 0.15) is 11.6 Å². The van der Waals surface area contributed by atoms with Crippen molar-refractivity contribution in [2.24, 2.45) is 0 Å². The van der Waals surface area contributed by atoms with Crippen LogP contribution in [0.3, 0.4) is 0 Å². The molecule has 0 spiro atoms. The van der Waals surface area contributed by atoms with E-state index in [1.54, 1.807) is 15.6 Å². The fourth-order valence-electron chi connectivity index (χ4n) is 4.76. The highest BCUT2D eigenvalue weighted by Gasteiger charge is 2.37. The molecular formula is C23H22N8O2. The minimum Gasteiger partial charge on any atom is -0.383 e. The van der Waals surface area contributed by atoms with E-state index in [0.717, 1.165) is 33.4 Å². The van der Waals surface area contributed by atoms with Gasteiger partial charge in [-0.3, -0.25) is 15.1 Å². The molecule has 5 heterocycles. The molecule has 2 saturated heterocycles. The molecule has 2 fully saturated rings. The number of hydrogen-bond acceptors (Lipinski definition) is 7. The first-order valence-electron chi connectivity index (χ1n) is 10.8. The fourth-order valence-corrected chi connectivity index (χ4v) is 4.76. The Kier molecular flexibility index (Phi) is 4.22. The lowest BCUT2D eigenvalue weighted by Gasteiger charge is -2.44. The van der Waals surface area contributed by atoms with E-state index in [-0.39, 0.29) is 24.4 Å². The third-order valence-corrected chi connectivity index (χ3v) is 6.52.